The Labute approximate surface area is 146 Å². The van der Waals surface area contributed by atoms with E-state index in [-0.39, 0.29) is 11.3 Å². The van der Waals surface area contributed by atoms with Crippen LogP contribution in [0.2, 0.25) is 0 Å². The van der Waals surface area contributed by atoms with E-state index in [1.54, 1.807) is 18.2 Å². The SMILES string of the molecule is CCc1ccccc1NC(=O)COC(=O)c1cccc(OC)c1OC. The predicted molar refractivity (Wildman–Crippen MR) is 94.3 cm³/mol. The van der Waals surface area contributed by atoms with Crippen LogP contribution in [0.3, 0.4) is 0 Å². The number of esters is 1. The second-order valence-corrected chi connectivity index (χ2v) is 5.18. The number of carbonyl (C=O) groups is 2. The molecule has 2 aromatic carbocycles. The van der Waals surface area contributed by atoms with Crippen molar-refractivity contribution in [3.8, 4) is 11.5 Å². The topological polar surface area (TPSA) is 73.9 Å². The number of hydrogen-bond acceptors (Lipinski definition) is 5. The van der Waals surface area contributed by atoms with Crippen LogP contribution >= 0.6 is 0 Å². The minimum absolute atomic E-state index is 0.198. The van der Waals surface area contributed by atoms with Crippen molar-refractivity contribution in [2.75, 3.05) is 26.1 Å². The standard InChI is InChI=1S/C19H21NO5/c1-4-13-8-5-6-10-15(13)20-17(21)12-25-19(22)14-9-7-11-16(23-2)18(14)24-3/h5-11H,4,12H2,1-3H3,(H,20,21). The normalized spacial score (nSPS) is 10.0. The van der Waals surface area contributed by atoms with E-state index in [0.29, 0.717) is 11.4 Å². The first-order chi connectivity index (χ1) is 12.1. The molecule has 2 rings (SSSR count). The van der Waals surface area contributed by atoms with E-state index >= 15 is 0 Å². The third-order valence-electron chi connectivity index (χ3n) is 3.63. The average Bonchev–Trinajstić information content (AvgIpc) is 2.65. The molecule has 0 aliphatic heterocycles. The van der Waals surface area contributed by atoms with E-state index in [0.717, 1.165) is 12.0 Å². The average molecular weight is 343 g/mol. The van der Waals surface area contributed by atoms with E-state index in [1.807, 2.05) is 31.2 Å². The Morgan fingerprint density at radius 3 is 2.44 bits per heavy atom. The third-order valence-corrected chi connectivity index (χ3v) is 3.63. The number of nitrogens with one attached hydrogen (secondary N) is 1. The summed E-state index contributed by atoms with van der Waals surface area (Å²) in [5.41, 5.74) is 1.92. The highest BCUT2D eigenvalue weighted by Crippen LogP contribution is 2.31. The number of rotatable bonds is 7. The van der Waals surface area contributed by atoms with Crippen molar-refractivity contribution in [1.82, 2.24) is 0 Å². The van der Waals surface area contributed by atoms with Crippen molar-refractivity contribution in [2.45, 2.75) is 13.3 Å². The Morgan fingerprint density at radius 1 is 1.00 bits per heavy atom. The zero-order valence-corrected chi connectivity index (χ0v) is 14.5. The van der Waals surface area contributed by atoms with E-state index in [4.69, 9.17) is 14.2 Å². The van der Waals surface area contributed by atoms with Crippen LogP contribution < -0.4 is 14.8 Å². The number of benzene rings is 2. The maximum atomic E-state index is 12.2. The predicted octanol–water partition coefficient (Wildman–Crippen LogP) is 3.06. The van der Waals surface area contributed by atoms with Crippen molar-refractivity contribution in [3.05, 3.63) is 53.6 Å². The van der Waals surface area contributed by atoms with Gasteiger partial charge in [0.2, 0.25) is 0 Å². The zero-order chi connectivity index (χ0) is 18.2. The van der Waals surface area contributed by atoms with Crippen LogP contribution in [0, 0.1) is 0 Å². The molecule has 1 N–H and O–H groups in total. The number of anilines is 1. The molecule has 0 spiro atoms. The van der Waals surface area contributed by atoms with Gasteiger partial charge in [0.15, 0.2) is 18.1 Å². The number of hydrogen-bond donors (Lipinski definition) is 1. The summed E-state index contributed by atoms with van der Waals surface area (Å²) >= 11 is 0. The van der Waals surface area contributed by atoms with Crippen LogP contribution in [0.25, 0.3) is 0 Å². The van der Waals surface area contributed by atoms with Gasteiger partial charge in [-0.1, -0.05) is 31.2 Å². The molecular formula is C19H21NO5. The van der Waals surface area contributed by atoms with Crippen molar-refractivity contribution in [2.24, 2.45) is 0 Å². The summed E-state index contributed by atoms with van der Waals surface area (Å²) in [7, 11) is 2.91. The van der Waals surface area contributed by atoms with E-state index in [9.17, 15) is 9.59 Å². The van der Waals surface area contributed by atoms with Crippen LogP contribution in [-0.4, -0.2) is 32.7 Å². The molecule has 0 atom stereocenters. The molecule has 0 saturated heterocycles. The van der Waals surface area contributed by atoms with Gasteiger partial charge in [0.1, 0.15) is 5.56 Å². The monoisotopic (exact) mass is 343 g/mol. The van der Waals surface area contributed by atoms with E-state index in [2.05, 4.69) is 5.32 Å². The largest absolute Gasteiger partial charge is 0.493 e. The van der Waals surface area contributed by atoms with Gasteiger partial charge in [-0.3, -0.25) is 4.79 Å². The van der Waals surface area contributed by atoms with Gasteiger partial charge >= 0.3 is 5.97 Å². The molecule has 0 aromatic heterocycles. The molecule has 132 valence electrons. The first-order valence-electron chi connectivity index (χ1n) is 7.86. The summed E-state index contributed by atoms with van der Waals surface area (Å²) in [5, 5.41) is 2.75. The van der Waals surface area contributed by atoms with Crippen molar-refractivity contribution < 1.29 is 23.8 Å². The Kier molecular flexibility index (Phi) is 6.39. The molecule has 0 saturated carbocycles. The lowest BCUT2D eigenvalue weighted by molar-refractivity contribution is -0.119. The number of aryl methyl sites for hydroxylation is 1. The molecule has 0 radical (unpaired) electrons. The summed E-state index contributed by atoms with van der Waals surface area (Å²) in [5.74, 6) is -0.379. The molecule has 25 heavy (non-hydrogen) atoms. The number of para-hydroxylation sites is 2. The molecule has 0 aliphatic rings. The molecule has 0 heterocycles. The molecule has 0 unspecified atom stereocenters. The fourth-order valence-corrected chi connectivity index (χ4v) is 2.39. The molecule has 1 amide bonds. The number of ether oxygens (including phenoxy) is 3. The van der Waals surface area contributed by atoms with Crippen molar-refractivity contribution in [1.29, 1.82) is 0 Å². The van der Waals surface area contributed by atoms with Gasteiger partial charge < -0.3 is 19.5 Å². The third kappa shape index (κ3) is 4.50. The van der Waals surface area contributed by atoms with Gasteiger partial charge in [-0.2, -0.15) is 0 Å². The smallest absolute Gasteiger partial charge is 0.342 e. The van der Waals surface area contributed by atoms with Crippen LogP contribution in [0.1, 0.15) is 22.8 Å². The van der Waals surface area contributed by atoms with Crippen LogP contribution in [0.5, 0.6) is 11.5 Å². The minimum Gasteiger partial charge on any atom is -0.493 e. The van der Waals surface area contributed by atoms with E-state index < -0.39 is 18.5 Å². The molecule has 0 bridgehead atoms. The Bertz CT molecular complexity index is 757. The Hall–Kier alpha value is -3.02. The Morgan fingerprint density at radius 2 is 1.76 bits per heavy atom. The van der Waals surface area contributed by atoms with Crippen molar-refractivity contribution in [3.63, 3.8) is 0 Å². The highest BCUT2D eigenvalue weighted by atomic mass is 16.5. The van der Waals surface area contributed by atoms with Gasteiger partial charge in [0.05, 0.1) is 14.2 Å². The van der Waals surface area contributed by atoms with Crippen molar-refractivity contribution >= 4 is 17.6 Å². The molecule has 6 nitrogen and oxygen atoms in total. The second kappa shape index (κ2) is 8.73. The van der Waals surface area contributed by atoms with Gasteiger partial charge in [-0.15, -0.1) is 0 Å². The summed E-state index contributed by atoms with van der Waals surface area (Å²) in [6, 6.07) is 12.4. The van der Waals surface area contributed by atoms with Gasteiger partial charge in [-0.25, -0.2) is 4.79 Å². The lowest BCUT2D eigenvalue weighted by atomic mass is 10.1. The fourth-order valence-electron chi connectivity index (χ4n) is 2.39. The van der Waals surface area contributed by atoms with Crippen LogP contribution in [-0.2, 0) is 16.0 Å². The number of methoxy groups -OCH3 is 2. The first-order valence-corrected chi connectivity index (χ1v) is 7.86. The lowest BCUT2D eigenvalue weighted by Crippen LogP contribution is -2.21. The molecule has 6 heteroatoms. The van der Waals surface area contributed by atoms with E-state index in [1.165, 1.54) is 14.2 Å². The summed E-state index contributed by atoms with van der Waals surface area (Å²) in [6.07, 6.45) is 0.789. The molecule has 0 fully saturated rings. The summed E-state index contributed by atoms with van der Waals surface area (Å²) < 4.78 is 15.4. The molecular weight excluding hydrogens is 322 g/mol. The highest BCUT2D eigenvalue weighted by Gasteiger charge is 2.18. The summed E-state index contributed by atoms with van der Waals surface area (Å²) in [4.78, 5) is 24.3. The minimum atomic E-state index is -0.658. The van der Waals surface area contributed by atoms with Gasteiger partial charge in [0, 0.05) is 5.69 Å². The molecule has 2 aromatic rings. The van der Waals surface area contributed by atoms with Gasteiger partial charge in [-0.05, 0) is 30.2 Å². The quantitative estimate of drug-likeness (QED) is 0.782. The highest BCUT2D eigenvalue weighted by molar-refractivity contribution is 5.97. The van der Waals surface area contributed by atoms with Crippen LogP contribution in [0.15, 0.2) is 42.5 Å². The summed E-state index contributed by atoms with van der Waals surface area (Å²) in [6.45, 7) is 1.61. The van der Waals surface area contributed by atoms with Crippen LogP contribution in [0.4, 0.5) is 5.69 Å². The maximum Gasteiger partial charge on any atom is 0.342 e. The zero-order valence-electron chi connectivity index (χ0n) is 14.5. The maximum absolute atomic E-state index is 12.2. The second-order valence-electron chi connectivity index (χ2n) is 5.18. The number of carbonyl (C=O) groups excluding carboxylic acids is 2. The first kappa shape index (κ1) is 18.3. The fraction of sp³-hybridized carbons (Fsp3) is 0.263. The molecule has 0 aliphatic carbocycles. The Balaban J connectivity index is 2.01. The lowest BCUT2D eigenvalue weighted by Gasteiger charge is -2.12. The van der Waals surface area contributed by atoms with Gasteiger partial charge in [0.25, 0.3) is 5.91 Å². The number of amides is 1.